The molecule has 0 spiro atoms. The number of hydrogen-bond acceptors (Lipinski definition) is 5. The molecule has 0 aliphatic carbocycles. The molecule has 7 heteroatoms. The van der Waals surface area contributed by atoms with Gasteiger partial charge in [-0.2, -0.15) is 10.2 Å². The molecule has 0 radical (unpaired) electrons. The fourth-order valence-electron chi connectivity index (χ4n) is 4.48. The summed E-state index contributed by atoms with van der Waals surface area (Å²) in [5.41, 5.74) is 5.35. The van der Waals surface area contributed by atoms with Gasteiger partial charge in [0.05, 0.1) is 25.0 Å². The van der Waals surface area contributed by atoms with Gasteiger partial charge in [0.1, 0.15) is 0 Å². The topological polar surface area (TPSA) is 71.5 Å². The Hall–Kier alpha value is -3.03. The normalized spacial score (nSPS) is 14.5. The summed E-state index contributed by atoms with van der Waals surface area (Å²) in [6.45, 7) is 4.31. The molecule has 0 saturated carbocycles. The van der Waals surface area contributed by atoms with Gasteiger partial charge in [0.2, 0.25) is 0 Å². The summed E-state index contributed by atoms with van der Waals surface area (Å²) in [5, 5.41) is 18.2. The van der Waals surface area contributed by atoms with Crippen LogP contribution in [0.25, 0.3) is 16.9 Å². The van der Waals surface area contributed by atoms with Crippen LogP contribution in [0.1, 0.15) is 36.2 Å². The minimum absolute atomic E-state index is 0.0655. The molecular formula is C25H30N6O. The molecule has 1 saturated heterocycles. The van der Waals surface area contributed by atoms with Gasteiger partial charge in [-0.3, -0.25) is 4.68 Å². The van der Waals surface area contributed by atoms with Crippen molar-refractivity contribution in [3.63, 3.8) is 0 Å². The van der Waals surface area contributed by atoms with Crippen LogP contribution in [0.15, 0.2) is 54.9 Å². The van der Waals surface area contributed by atoms with Crippen molar-refractivity contribution in [3.05, 3.63) is 71.8 Å². The summed E-state index contributed by atoms with van der Waals surface area (Å²) in [6, 6.07) is 14.9. The Balaban J connectivity index is 1.26. The summed E-state index contributed by atoms with van der Waals surface area (Å²) in [4.78, 5) is 7.31. The number of fused-ring (bicyclic) bond motifs is 1. The standard InChI is InChI=1S/C25H30N6O/c32-16-15-30-19-22(18-26-30)23-6-3-7-25-27-24(28-31(23)25)17-21-10-8-20(9-11-21)5-4-14-29-12-1-2-13-29/h3,6-11,18-19,32H,1-2,4-5,12-17H2. The van der Waals surface area contributed by atoms with Crippen LogP contribution in [-0.4, -0.2) is 60.6 Å². The molecule has 1 aromatic carbocycles. The number of nitrogens with zero attached hydrogens (tertiary/aromatic N) is 6. The van der Waals surface area contributed by atoms with Crippen LogP contribution in [0.2, 0.25) is 0 Å². The second-order valence-corrected chi connectivity index (χ2v) is 8.57. The van der Waals surface area contributed by atoms with Crippen molar-refractivity contribution >= 4 is 5.65 Å². The zero-order chi connectivity index (χ0) is 21.8. The number of pyridine rings is 1. The second-order valence-electron chi connectivity index (χ2n) is 8.57. The SMILES string of the molecule is OCCn1cc(-c2cccc3nc(Cc4ccc(CCCN5CCCC5)cc4)nn23)cn1. The van der Waals surface area contributed by atoms with Gasteiger partial charge >= 0.3 is 0 Å². The number of aliphatic hydroxyl groups excluding tert-OH is 1. The lowest BCUT2D eigenvalue weighted by molar-refractivity contribution is 0.269. The minimum Gasteiger partial charge on any atom is -0.394 e. The van der Waals surface area contributed by atoms with Crippen molar-refractivity contribution in [2.75, 3.05) is 26.2 Å². The smallest absolute Gasteiger partial charge is 0.156 e. The molecule has 3 aromatic heterocycles. The van der Waals surface area contributed by atoms with Gasteiger partial charge in [-0.05, 0) is 68.6 Å². The van der Waals surface area contributed by atoms with Crippen LogP contribution < -0.4 is 0 Å². The zero-order valence-corrected chi connectivity index (χ0v) is 18.4. The van der Waals surface area contributed by atoms with Crippen molar-refractivity contribution < 1.29 is 5.11 Å². The molecule has 1 aliphatic rings. The average molecular weight is 431 g/mol. The Labute approximate surface area is 188 Å². The molecule has 0 atom stereocenters. The van der Waals surface area contributed by atoms with Crippen LogP contribution >= 0.6 is 0 Å². The van der Waals surface area contributed by atoms with E-state index in [9.17, 15) is 0 Å². The van der Waals surface area contributed by atoms with Crippen molar-refractivity contribution in [1.82, 2.24) is 29.3 Å². The van der Waals surface area contributed by atoms with Crippen LogP contribution in [0, 0.1) is 0 Å². The first-order valence-electron chi connectivity index (χ1n) is 11.6. The first kappa shape index (κ1) is 20.8. The maximum absolute atomic E-state index is 9.13. The molecule has 1 aliphatic heterocycles. The summed E-state index contributed by atoms with van der Waals surface area (Å²) in [5.74, 6) is 0.807. The predicted octanol–water partition coefficient (Wildman–Crippen LogP) is 3.20. The molecule has 4 heterocycles. The summed E-state index contributed by atoms with van der Waals surface area (Å²) in [7, 11) is 0. The fraction of sp³-hybridized carbons (Fsp3) is 0.400. The Morgan fingerprint density at radius 2 is 1.75 bits per heavy atom. The van der Waals surface area contributed by atoms with Crippen LogP contribution in [0.5, 0.6) is 0 Å². The third-order valence-corrected chi connectivity index (χ3v) is 6.19. The van der Waals surface area contributed by atoms with Crippen molar-refractivity contribution in [2.45, 2.75) is 38.6 Å². The Morgan fingerprint density at radius 3 is 2.56 bits per heavy atom. The van der Waals surface area contributed by atoms with E-state index in [1.165, 1.54) is 50.0 Å². The van der Waals surface area contributed by atoms with Crippen molar-refractivity contribution in [1.29, 1.82) is 0 Å². The molecule has 166 valence electrons. The van der Waals surface area contributed by atoms with Crippen LogP contribution in [0.4, 0.5) is 0 Å². The molecule has 0 amide bonds. The lowest BCUT2D eigenvalue weighted by atomic mass is 10.1. The summed E-state index contributed by atoms with van der Waals surface area (Å²) >= 11 is 0. The first-order chi connectivity index (χ1) is 15.8. The van der Waals surface area contributed by atoms with E-state index in [4.69, 9.17) is 15.2 Å². The maximum Gasteiger partial charge on any atom is 0.156 e. The number of benzene rings is 1. The number of aromatic nitrogens is 5. The van der Waals surface area contributed by atoms with Gasteiger partial charge in [-0.15, -0.1) is 0 Å². The third-order valence-electron chi connectivity index (χ3n) is 6.19. The highest BCUT2D eigenvalue weighted by Gasteiger charge is 2.12. The van der Waals surface area contributed by atoms with Gasteiger partial charge in [-0.1, -0.05) is 30.3 Å². The van der Waals surface area contributed by atoms with E-state index < -0.39 is 0 Å². The highest BCUT2D eigenvalue weighted by atomic mass is 16.3. The van der Waals surface area contributed by atoms with Gasteiger partial charge in [0.25, 0.3) is 0 Å². The van der Waals surface area contributed by atoms with E-state index in [1.54, 1.807) is 10.9 Å². The number of hydrogen-bond donors (Lipinski definition) is 1. The molecule has 1 N–H and O–H groups in total. The largest absolute Gasteiger partial charge is 0.394 e. The molecular weight excluding hydrogens is 400 g/mol. The van der Waals surface area contributed by atoms with Crippen LogP contribution in [0.3, 0.4) is 0 Å². The van der Waals surface area contributed by atoms with Gasteiger partial charge in [0, 0.05) is 18.2 Å². The summed E-state index contributed by atoms with van der Waals surface area (Å²) < 4.78 is 3.61. The molecule has 0 bridgehead atoms. The highest BCUT2D eigenvalue weighted by Crippen LogP contribution is 2.20. The molecule has 5 rings (SSSR count). The quantitative estimate of drug-likeness (QED) is 0.442. The highest BCUT2D eigenvalue weighted by molar-refractivity contribution is 5.61. The lowest BCUT2D eigenvalue weighted by Gasteiger charge is -2.13. The number of aliphatic hydroxyl groups is 1. The molecule has 7 nitrogen and oxygen atoms in total. The van der Waals surface area contributed by atoms with Gasteiger partial charge in [-0.25, -0.2) is 9.50 Å². The van der Waals surface area contributed by atoms with E-state index in [1.807, 2.05) is 28.9 Å². The average Bonchev–Trinajstić information content (AvgIpc) is 3.56. The zero-order valence-electron chi connectivity index (χ0n) is 18.4. The predicted molar refractivity (Wildman–Crippen MR) is 125 cm³/mol. The van der Waals surface area contributed by atoms with E-state index >= 15 is 0 Å². The molecule has 32 heavy (non-hydrogen) atoms. The summed E-state index contributed by atoms with van der Waals surface area (Å²) in [6.07, 6.45) is 9.52. The molecule has 4 aromatic rings. The fourth-order valence-corrected chi connectivity index (χ4v) is 4.48. The van der Waals surface area contributed by atoms with Gasteiger partial charge in [0.15, 0.2) is 11.5 Å². The first-order valence-corrected chi connectivity index (χ1v) is 11.6. The van der Waals surface area contributed by atoms with E-state index in [2.05, 4.69) is 34.3 Å². The lowest BCUT2D eigenvalue weighted by Crippen LogP contribution is -2.20. The minimum atomic E-state index is 0.0655. The van der Waals surface area contributed by atoms with Crippen molar-refractivity contribution in [2.24, 2.45) is 0 Å². The van der Waals surface area contributed by atoms with E-state index in [0.717, 1.165) is 29.1 Å². The van der Waals surface area contributed by atoms with E-state index in [-0.39, 0.29) is 6.61 Å². The molecule has 1 fully saturated rings. The monoisotopic (exact) mass is 430 g/mol. The third kappa shape index (κ3) is 4.74. The second kappa shape index (κ2) is 9.63. The maximum atomic E-state index is 9.13. The van der Waals surface area contributed by atoms with Crippen molar-refractivity contribution in [3.8, 4) is 11.3 Å². The molecule has 0 unspecified atom stereocenters. The number of aryl methyl sites for hydroxylation is 1. The van der Waals surface area contributed by atoms with E-state index in [0.29, 0.717) is 13.0 Å². The Morgan fingerprint density at radius 1 is 0.938 bits per heavy atom. The van der Waals surface area contributed by atoms with Gasteiger partial charge < -0.3 is 10.0 Å². The Bertz CT molecular complexity index is 1160. The number of likely N-dealkylation sites (tertiary alicyclic amines) is 1. The number of rotatable bonds is 9. The Kier molecular flexibility index (Phi) is 6.27. The van der Waals surface area contributed by atoms with Crippen LogP contribution in [-0.2, 0) is 19.4 Å².